The molecule has 1 aromatic rings. The van der Waals surface area contributed by atoms with E-state index in [0.29, 0.717) is 11.1 Å². The van der Waals surface area contributed by atoms with Crippen LogP contribution in [0, 0.1) is 0 Å². The van der Waals surface area contributed by atoms with Gasteiger partial charge in [0.05, 0.1) is 10.9 Å². The Kier molecular flexibility index (Phi) is 3.48. The first-order valence-electron chi connectivity index (χ1n) is 3.79. The normalized spacial score (nSPS) is 12.7. The van der Waals surface area contributed by atoms with Gasteiger partial charge >= 0.3 is 5.97 Å². The minimum atomic E-state index is -1.15. The van der Waals surface area contributed by atoms with Crippen LogP contribution in [0.1, 0.15) is 11.3 Å². The van der Waals surface area contributed by atoms with Gasteiger partial charge in [-0.25, -0.2) is 0 Å². The molecule has 0 saturated heterocycles. The second-order valence-electron chi connectivity index (χ2n) is 2.72. The molecule has 6 nitrogen and oxygen atoms in total. The van der Waals surface area contributed by atoms with E-state index in [1.165, 1.54) is 0 Å². The minimum Gasteiger partial charge on any atom is -0.480 e. The molecule has 0 bridgehead atoms. The lowest BCUT2D eigenvalue weighted by molar-refractivity contribution is -0.138. The topological polar surface area (TPSA) is 109 Å². The molecule has 4 N–H and O–H groups in total. The highest BCUT2D eigenvalue weighted by molar-refractivity contribution is 9.08. The number of carboxylic acid groups (broad SMARTS) is 1. The van der Waals surface area contributed by atoms with Crippen LogP contribution in [-0.4, -0.2) is 22.3 Å². The van der Waals surface area contributed by atoms with E-state index in [1.54, 1.807) is 0 Å². The van der Waals surface area contributed by atoms with Crippen molar-refractivity contribution in [2.24, 2.45) is 5.73 Å². The third kappa shape index (κ3) is 2.24. The second kappa shape index (κ2) is 4.43. The quantitative estimate of drug-likeness (QED) is 0.654. The van der Waals surface area contributed by atoms with Crippen LogP contribution in [0.15, 0.2) is 9.32 Å². The number of aliphatic carboxylic acids is 1. The molecule has 0 amide bonds. The Balaban J connectivity index is 2.90. The number of halogens is 1. The van der Waals surface area contributed by atoms with Gasteiger partial charge in [0.25, 0.3) is 5.56 Å². The zero-order chi connectivity index (χ0) is 10.7. The maximum absolute atomic E-state index is 11.1. The van der Waals surface area contributed by atoms with Gasteiger partial charge in [-0.05, 0) is 0 Å². The van der Waals surface area contributed by atoms with Crippen LogP contribution in [0.2, 0.25) is 0 Å². The zero-order valence-electron chi connectivity index (χ0n) is 7.12. The average molecular weight is 265 g/mol. The predicted octanol–water partition coefficient (Wildman–Crippen LogP) is -0.183. The standard InChI is InChI=1S/C7H9BrN2O4/c8-2-5-3(6(11)10-14-5)1-4(9)7(12)13/h4H,1-2,9H2,(H,10,11)(H,12,13)/t4-/m1/s1. The van der Waals surface area contributed by atoms with E-state index in [2.05, 4.69) is 21.1 Å². The zero-order valence-corrected chi connectivity index (χ0v) is 8.70. The predicted molar refractivity (Wildman–Crippen MR) is 51.3 cm³/mol. The number of carboxylic acids is 1. The van der Waals surface area contributed by atoms with E-state index in [1.807, 2.05) is 0 Å². The first kappa shape index (κ1) is 11.0. The lowest BCUT2D eigenvalue weighted by Crippen LogP contribution is -2.34. The van der Waals surface area contributed by atoms with Crippen LogP contribution >= 0.6 is 15.9 Å². The number of carbonyl (C=O) groups is 1. The molecular weight excluding hydrogens is 256 g/mol. The second-order valence-corrected chi connectivity index (χ2v) is 3.28. The van der Waals surface area contributed by atoms with Gasteiger partial charge in [-0.2, -0.15) is 5.16 Å². The third-order valence-corrected chi connectivity index (χ3v) is 2.25. The number of alkyl halides is 1. The summed E-state index contributed by atoms with van der Waals surface area (Å²) in [5, 5.41) is 11.0. The van der Waals surface area contributed by atoms with Crippen molar-refractivity contribution in [1.82, 2.24) is 5.16 Å². The molecule has 1 heterocycles. The van der Waals surface area contributed by atoms with Crippen molar-refractivity contribution >= 4 is 21.9 Å². The van der Waals surface area contributed by atoms with Crippen molar-refractivity contribution in [3.05, 3.63) is 21.7 Å². The fourth-order valence-corrected chi connectivity index (χ4v) is 1.43. The summed E-state index contributed by atoms with van der Waals surface area (Å²) >= 11 is 3.11. The Morgan fingerprint density at radius 2 is 2.36 bits per heavy atom. The summed E-state index contributed by atoms with van der Waals surface area (Å²) in [6.07, 6.45) is -0.0396. The summed E-state index contributed by atoms with van der Waals surface area (Å²) in [6.45, 7) is 0. The van der Waals surface area contributed by atoms with Crippen LogP contribution in [0.25, 0.3) is 0 Å². The SMILES string of the molecule is N[C@H](Cc1c(CBr)o[nH]c1=O)C(=O)O. The van der Waals surface area contributed by atoms with Crippen LogP contribution in [0.4, 0.5) is 0 Å². The number of H-pyrrole nitrogens is 1. The summed E-state index contributed by atoms with van der Waals surface area (Å²) < 4.78 is 4.79. The number of hydrogen-bond acceptors (Lipinski definition) is 4. The number of rotatable bonds is 4. The van der Waals surface area contributed by atoms with Crippen molar-refractivity contribution in [2.75, 3.05) is 0 Å². The van der Waals surface area contributed by atoms with Crippen LogP contribution in [0.3, 0.4) is 0 Å². The number of aromatic amines is 1. The summed E-state index contributed by atoms with van der Waals surface area (Å²) in [5.74, 6) is -0.766. The highest BCUT2D eigenvalue weighted by atomic mass is 79.9. The monoisotopic (exact) mass is 264 g/mol. The van der Waals surface area contributed by atoms with Gasteiger partial charge in [0.15, 0.2) is 5.76 Å². The Morgan fingerprint density at radius 3 is 2.86 bits per heavy atom. The van der Waals surface area contributed by atoms with Crippen molar-refractivity contribution in [2.45, 2.75) is 17.8 Å². The molecule has 0 aliphatic heterocycles. The smallest absolute Gasteiger partial charge is 0.320 e. The molecule has 0 aliphatic carbocycles. The lowest BCUT2D eigenvalue weighted by atomic mass is 10.1. The highest BCUT2D eigenvalue weighted by Crippen LogP contribution is 2.09. The molecule has 0 aliphatic rings. The maximum atomic E-state index is 11.1. The molecule has 1 aromatic heterocycles. The Bertz CT molecular complexity index is 383. The number of hydrogen-bond donors (Lipinski definition) is 3. The maximum Gasteiger partial charge on any atom is 0.320 e. The molecule has 78 valence electrons. The van der Waals surface area contributed by atoms with Crippen molar-refractivity contribution in [1.29, 1.82) is 0 Å². The fraction of sp³-hybridized carbons (Fsp3) is 0.429. The van der Waals surface area contributed by atoms with E-state index >= 15 is 0 Å². The summed E-state index contributed by atoms with van der Waals surface area (Å²) in [6, 6.07) is -1.09. The molecule has 1 rings (SSSR count). The fourth-order valence-electron chi connectivity index (χ4n) is 0.979. The summed E-state index contributed by atoms with van der Waals surface area (Å²) in [5.41, 5.74) is 5.13. The molecule has 0 spiro atoms. The number of aromatic nitrogens is 1. The molecule has 0 radical (unpaired) electrons. The van der Waals surface area contributed by atoms with Gasteiger partial charge < -0.3 is 15.4 Å². The first-order valence-corrected chi connectivity index (χ1v) is 4.92. The summed E-state index contributed by atoms with van der Waals surface area (Å²) in [7, 11) is 0. The van der Waals surface area contributed by atoms with Crippen LogP contribution in [-0.2, 0) is 16.5 Å². The number of nitrogens with two attached hydrogens (primary N) is 1. The van der Waals surface area contributed by atoms with Gasteiger partial charge in [0.1, 0.15) is 6.04 Å². The molecule has 0 saturated carbocycles. The molecule has 1 atom stereocenters. The van der Waals surface area contributed by atoms with Gasteiger partial charge in [0.2, 0.25) is 0 Å². The summed E-state index contributed by atoms with van der Waals surface area (Å²) in [4.78, 5) is 21.6. The molecule has 0 unspecified atom stereocenters. The van der Waals surface area contributed by atoms with E-state index < -0.39 is 17.6 Å². The molecular formula is C7H9BrN2O4. The van der Waals surface area contributed by atoms with Crippen molar-refractivity contribution in [3.63, 3.8) is 0 Å². The molecule has 14 heavy (non-hydrogen) atoms. The Labute approximate surface area is 87.2 Å². The highest BCUT2D eigenvalue weighted by Gasteiger charge is 2.19. The first-order chi connectivity index (χ1) is 6.56. The lowest BCUT2D eigenvalue weighted by Gasteiger charge is -2.03. The molecule has 7 heteroatoms. The van der Waals surface area contributed by atoms with Gasteiger partial charge in [-0.1, -0.05) is 15.9 Å². The Morgan fingerprint density at radius 1 is 1.71 bits per heavy atom. The van der Waals surface area contributed by atoms with E-state index in [-0.39, 0.29) is 12.0 Å². The van der Waals surface area contributed by atoms with E-state index in [9.17, 15) is 9.59 Å². The van der Waals surface area contributed by atoms with E-state index in [4.69, 9.17) is 15.4 Å². The number of nitrogens with one attached hydrogen (secondary N) is 1. The molecule has 0 aromatic carbocycles. The average Bonchev–Trinajstić information content (AvgIpc) is 2.47. The van der Waals surface area contributed by atoms with Gasteiger partial charge in [-0.3, -0.25) is 9.59 Å². The van der Waals surface area contributed by atoms with Gasteiger partial charge in [-0.15, -0.1) is 0 Å². The van der Waals surface area contributed by atoms with Crippen LogP contribution in [0.5, 0.6) is 0 Å². The Hall–Kier alpha value is -1.08. The van der Waals surface area contributed by atoms with Crippen molar-refractivity contribution in [3.8, 4) is 0 Å². The minimum absolute atomic E-state index is 0.0396. The van der Waals surface area contributed by atoms with Crippen LogP contribution < -0.4 is 11.3 Å². The largest absolute Gasteiger partial charge is 0.480 e. The van der Waals surface area contributed by atoms with Crippen molar-refractivity contribution < 1.29 is 14.4 Å². The van der Waals surface area contributed by atoms with Gasteiger partial charge in [0, 0.05) is 6.42 Å². The van der Waals surface area contributed by atoms with E-state index in [0.717, 1.165) is 0 Å². The third-order valence-electron chi connectivity index (χ3n) is 1.74. The molecule has 0 fully saturated rings.